The number of nitrogens with one attached hydrogen (secondary N) is 2. The highest BCUT2D eigenvalue weighted by Gasteiger charge is 2.55. The zero-order chi connectivity index (χ0) is 30.8. The number of methoxy groups -OCH3 is 1. The summed E-state index contributed by atoms with van der Waals surface area (Å²) >= 11 is 0. The van der Waals surface area contributed by atoms with E-state index in [1.54, 1.807) is 19.1 Å². The Bertz CT molecular complexity index is 1310. The van der Waals surface area contributed by atoms with Crippen LogP contribution in [0.4, 0.5) is 0 Å². The highest BCUT2D eigenvalue weighted by Crippen LogP contribution is 2.56. The van der Waals surface area contributed by atoms with Crippen molar-refractivity contribution in [1.82, 2.24) is 10.6 Å². The number of ether oxygens (including phenoxy) is 2. The third-order valence-electron chi connectivity index (χ3n) is 12.6. The van der Waals surface area contributed by atoms with Gasteiger partial charge in [0, 0.05) is 23.2 Å². The van der Waals surface area contributed by atoms with Crippen LogP contribution in [0.3, 0.4) is 0 Å². The van der Waals surface area contributed by atoms with Gasteiger partial charge in [0.1, 0.15) is 23.8 Å². The van der Waals surface area contributed by atoms with E-state index in [0.29, 0.717) is 60.1 Å². The smallest absolute Gasteiger partial charge is 0.309 e. The molecule has 6 bridgehead atoms. The van der Waals surface area contributed by atoms with Crippen LogP contribution in [0.5, 0.6) is 11.5 Å². The van der Waals surface area contributed by atoms with Crippen molar-refractivity contribution in [2.75, 3.05) is 7.11 Å². The zero-order valence-corrected chi connectivity index (χ0v) is 26.0. The molecule has 0 radical (unpaired) electrons. The topological polar surface area (TPSA) is 141 Å². The molecule has 0 aliphatic heterocycles. The van der Waals surface area contributed by atoms with Gasteiger partial charge in [0.2, 0.25) is 5.91 Å². The Labute approximate surface area is 260 Å². The number of carboxylic acid groups (broad SMARTS) is 1. The van der Waals surface area contributed by atoms with Gasteiger partial charge in [-0.15, -0.1) is 0 Å². The maximum atomic E-state index is 14.1. The molecule has 8 rings (SSSR count). The number of hydrogen-bond acceptors (Lipinski definition) is 7. The van der Waals surface area contributed by atoms with Gasteiger partial charge < -0.3 is 25.0 Å². The fourth-order valence-electron chi connectivity index (χ4n) is 10.7. The summed E-state index contributed by atoms with van der Waals surface area (Å²) in [6.45, 7) is 1.77. The minimum absolute atomic E-state index is 0.0412. The maximum absolute atomic E-state index is 14.1. The molecule has 44 heavy (non-hydrogen) atoms. The molecule has 7 aliphatic carbocycles. The van der Waals surface area contributed by atoms with Crippen LogP contribution < -0.4 is 20.1 Å². The molecule has 0 aromatic heterocycles. The van der Waals surface area contributed by atoms with Crippen molar-refractivity contribution in [3.63, 3.8) is 0 Å². The van der Waals surface area contributed by atoms with Crippen LogP contribution in [0.15, 0.2) is 12.1 Å². The number of fused-ring (bicyclic) bond motifs is 2. The average molecular weight is 606 g/mol. The molecular weight excluding hydrogens is 558 g/mol. The summed E-state index contributed by atoms with van der Waals surface area (Å²) in [5.41, 5.74) is -0.0317. The van der Waals surface area contributed by atoms with Gasteiger partial charge in [0.25, 0.3) is 0 Å². The monoisotopic (exact) mass is 605 g/mol. The number of carboxylic acids is 1. The van der Waals surface area contributed by atoms with Crippen LogP contribution in [-0.4, -0.2) is 46.9 Å². The number of aliphatic hydroxyl groups excluding tert-OH is 1. The summed E-state index contributed by atoms with van der Waals surface area (Å²) in [6, 6.07) is 5.31. The number of aliphatic carboxylic acids is 1. The van der Waals surface area contributed by atoms with Crippen LogP contribution in [0.2, 0.25) is 0 Å². The predicted molar refractivity (Wildman–Crippen MR) is 162 cm³/mol. The molecule has 7 aliphatic rings. The second-order valence-electron chi connectivity index (χ2n) is 15.5. The summed E-state index contributed by atoms with van der Waals surface area (Å²) in [4.78, 5) is 25.8. The molecule has 1 unspecified atom stereocenters. The van der Waals surface area contributed by atoms with E-state index < -0.39 is 17.6 Å². The number of aliphatic hydroxyl groups is 1. The van der Waals surface area contributed by atoms with Crippen molar-refractivity contribution in [3.05, 3.63) is 23.3 Å². The Balaban J connectivity index is 1.08. The Morgan fingerprint density at radius 1 is 0.977 bits per heavy atom. The first-order valence-electron chi connectivity index (χ1n) is 16.9. The van der Waals surface area contributed by atoms with Gasteiger partial charge in [0.05, 0.1) is 30.1 Å². The van der Waals surface area contributed by atoms with Crippen LogP contribution in [0.1, 0.15) is 108 Å². The Morgan fingerprint density at radius 3 is 2.20 bits per heavy atom. The number of hydrogen-bond donors (Lipinski definition) is 4. The quantitative estimate of drug-likeness (QED) is 0.286. The van der Waals surface area contributed by atoms with Gasteiger partial charge in [-0.25, -0.2) is 0 Å². The van der Waals surface area contributed by atoms with E-state index in [1.807, 2.05) is 0 Å². The minimum Gasteiger partial charge on any atom is -0.496 e. The highest BCUT2D eigenvalue weighted by atomic mass is 16.5. The van der Waals surface area contributed by atoms with Crippen molar-refractivity contribution >= 4 is 11.9 Å². The van der Waals surface area contributed by atoms with Gasteiger partial charge in [-0.1, -0.05) is 0 Å². The van der Waals surface area contributed by atoms with Crippen molar-refractivity contribution in [2.24, 2.45) is 40.9 Å². The molecule has 0 spiro atoms. The van der Waals surface area contributed by atoms with Crippen molar-refractivity contribution in [3.8, 4) is 17.6 Å². The van der Waals surface area contributed by atoms with E-state index >= 15 is 0 Å². The molecule has 5 atom stereocenters. The predicted octanol–water partition coefficient (Wildman–Crippen LogP) is 5.06. The lowest BCUT2D eigenvalue weighted by Crippen LogP contribution is -2.62. The molecule has 4 N–H and O–H groups in total. The largest absolute Gasteiger partial charge is 0.496 e. The van der Waals surface area contributed by atoms with E-state index in [9.17, 15) is 25.1 Å². The molecule has 0 saturated heterocycles. The minimum atomic E-state index is -1.11. The first-order valence-corrected chi connectivity index (χ1v) is 16.9. The summed E-state index contributed by atoms with van der Waals surface area (Å²) in [5.74, 6) is 2.85. The lowest BCUT2D eigenvalue weighted by Gasteiger charge is -2.57. The number of nitriles is 1. The standard InChI is InChI=1S/C35H47N3O6/c1-34(33(41)42)7-5-25(6-8-34)44-27-14-26(28(43-2)13-24(27)18-36)31(39)37-30-23-4-3-22(12-23)29(30)32(40)38-35-15-19-9-20(16-35)11-21(10-19)17-35/h13-14,19-23,25,29-31,37,39H,3-12,15-17H2,1-2H3,(H,38,40)(H,41,42)/t19?,20?,21?,22-,23+,25?,29+,30-,31?,34?,35?/m1/s1. The van der Waals surface area contributed by atoms with Crippen LogP contribution in [0, 0.1) is 52.3 Å². The van der Waals surface area contributed by atoms with E-state index in [0.717, 1.165) is 56.3 Å². The van der Waals surface area contributed by atoms with Gasteiger partial charge >= 0.3 is 5.97 Å². The van der Waals surface area contributed by atoms with E-state index in [1.165, 1.54) is 26.4 Å². The Hall–Kier alpha value is -2.83. The highest BCUT2D eigenvalue weighted by molar-refractivity contribution is 5.81. The number of rotatable bonds is 9. The van der Waals surface area contributed by atoms with Crippen LogP contribution in [0.25, 0.3) is 0 Å². The second kappa shape index (κ2) is 11.2. The third-order valence-corrected chi connectivity index (χ3v) is 12.6. The number of nitrogens with zero attached hydrogens (tertiary/aromatic N) is 1. The van der Waals surface area contributed by atoms with Gasteiger partial charge in [-0.2, -0.15) is 5.26 Å². The van der Waals surface area contributed by atoms with E-state index in [4.69, 9.17) is 9.47 Å². The first-order chi connectivity index (χ1) is 21.1. The third kappa shape index (κ3) is 5.26. The molecule has 1 aromatic carbocycles. The number of carbonyl (C=O) groups is 2. The molecule has 1 aromatic rings. The molecule has 1 amide bonds. The van der Waals surface area contributed by atoms with E-state index in [-0.39, 0.29) is 29.5 Å². The zero-order valence-electron chi connectivity index (χ0n) is 26.0. The van der Waals surface area contributed by atoms with Crippen molar-refractivity contribution in [2.45, 2.75) is 114 Å². The lowest BCUT2D eigenvalue weighted by atomic mass is 9.53. The number of carbonyl (C=O) groups excluding carboxylic acids is 1. The SMILES string of the molecule is COc1cc(C#N)c(OC2CCC(C)(C(=O)O)CC2)cc1C(O)N[C@@H]1[C@H]2CC[C@H](C2)[C@@H]1C(=O)NC12CC3CC(CC(C3)C1)C2. The average Bonchev–Trinajstić information content (AvgIpc) is 3.59. The molecule has 7 saturated carbocycles. The fourth-order valence-corrected chi connectivity index (χ4v) is 10.7. The second-order valence-corrected chi connectivity index (χ2v) is 15.5. The van der Waals surface area contributed by atoms with Crippen molar-refractivity contribution in [1.29, 1.82) is 5.26 Å². The van der Waals surface area contributed by atoms with Crippen LogP contribution >= 0.6 is 0 Å². The number of amides is 1. The molecular formula is C35H47N3O6. The summed E-state index contributed by atoms with van der Waals surface area (Å²) in [5, 5.41) is 38.2. The summed E-state index contributed by atoms with van der Waals surface area (Å²) < 4.78 is 11.9. The van der Waals surface area contributed by atoms with Gasteiger partial charge in [-0.05, 0) is 126 Å². The normalized spacial score (nSPS) is 40.8. The fraction of sp³-hybridized carbons (Fsp3) is 0.743. The molecule has 238 valence electrons. The molecule has 9 nitrogen and oxygen atoms in total. The van der Waals surface area contributed by atoms with Crippen LogP contribution in [-0.2, 0) is 9.59 Å². The lowest BCUT2D eigenvalue weighted by molar-refractivity contribution is -0.150. The Kier molecular flexibility index (Phi) is 7.60. The summed E-state index contributed by atoms with van der Waals surface area (Å²) in [7, 11) is 1.51. The first kappa shape index (κ1) is 29.9. The van der Waals surface area contributed by atoms with Gasteiger partial charge in [0.15, 0.2) is 0 Å². The molecule has 9 heteroatoms. The number of benzene rings is 1. The Morgan fingerprint density at radius 2 is 1.61 bits per heavy atom. The van der Waals surface area contributed by atoms with E-state index in [2.05, 4.69) is 16.7 Å². The summed E-state index contributed by atoms with van der Waals surface area (Å²) in [6.07, 6.45) is 11.3. The molecule has 0 heterocycles. The van der Waals surface area contributed by atoms with Crippen molar-refractivity contribution < 1.29 is 29.3 Å². The molecule has 7 fully saturated rings. The van der Waals surface area contributed by atoms with Gasteiger partial charge in [-0.3, -0.25) is 14.9 Å². The maximum Gasteiger partial charge on any atom is 0.309 e.